The summed E-state index contributed by atoms with van der Waals surface area (Å²) in [4.78, 5) is 39.6. The fourth-order valence-corrected chi connectivity index (χ4v) is 2.58. The summed E-state index contributed by atoms with van der Waals surface area (Å²) < 4.78 is 0. The van der Waals surface area contributed by atoms with Gasteiger partial charge in [0.25, 0.3) is 11.8 Å². The Morgan fingerprint density at radius 3 is 2.46 bits per heavy atom. The van der Waals surface area contributed by atoms with Crippen molar-refractivity contribution in [2.45, 2.75) is 19.1 Å². The Balaban J connectivity index is 1.72. The first-order valence-corrected chi connectivity index (χ1v) is 9.00. The third-order valence-electron chi connectivity index (χ3n) is 3.37. The van der Waals surface area contributed by atoms with Gasteiger partial charge in [-0.25, -0.2) is 0 Å². The average molecular weight is 372 g/mol. The van der Waals surface area contributed by atoms with Gasteiger partial charge in [0, 0.05) is 11.9 Å². The lowest BCUT2D eigenvalue weighted by Crippen LogP contribution is -2.45. The Labute approximate surface area is 155 Å². The molecule has 2 rings (SSSR count). The highest BCUT2D eigenvalue weighted by Gasteiger charge is 2.16. The Morgan fingerprint density at radius 1 is 1.08 bits per heavy atom. The summed E-state index contributed by atoms with van der Waals surface area (Å²) in [5.74, 6) is -0.983. The van der Waals surface area contributed by atoms with Crippen LogP contribution in [0.1, 0.15) is 23.0 Å². The van der Waals surface area contributed by atoms with E-state index < -0.39 is 17.1 Å². The van der Waals surface area contributed by atoms with Gasteiger partial charge in [-0.15, -0.1) is 11.8 Å². The van der Waals surface area contributed by atoms with Crippen LogP contribution in [0.25, 0.3) is 0 Å². The SMILES string of the molecule is Cc1ccc(NC(=O)CS[C@@H](C)C(=O)NNC(=O)c2ccccn2)cc1. The monoisotopic (exact) mass is 372 g/mol. The Bertz CT molecular complexity index is 766. The number of aromatic nitrogens is 1. The van der Waals surface area contributed by atoms with Crippen molar-refractivity contribution in [3.63, 3.8) is 0 Å². The molecule has 0 radical (unpaired) electrons. The molecule has 0 aliphatic rings. The molecule has 7 nitrogen and oxygen atoms in total. The third kappa shape index (κ3) is 6.21. The van der Waals surface area contributed by atoms with Crippen molar-refractivity contribution >= 4 is 35.2 Å². The highest BCUT2D eigenvalue weighted by Crippen LogP contribution is 2.13. The molecule has 0 fully saturated rings. The van der Waals surface area contributed by atoms with Crippen LogP contribution in [0.4, 0.5) is 5.69 Å². The number of hydrogen-bond donors (Lipinski definition) is 3. The second-order valence-corrected chi connectivity index (χ2v) is 6.85. The normalized spacial score (nSPS) is 11.3. The van der Waals surface area contributed by atoms with Crippen LogP contribution >= 0.6 is 11.8 Å². The lowest BCUT2D eigenvalue weighted by atomic mass is 10.2. The molecule has 0 aliphatic carbocycles. The predicted octanol–water partition coefficient (Wildman–Crippen LogP) is 1.91. The molecule has 0 spiro atoms. The highest BCUT2D eigenvalue weighted by atomic mass is 32.2. The summed E-state index contributed by atoms with van der Waals surface area (Å²) >= 11 is 1.17. The van der Waals surface area contributed by atoms with E-state index in [-0.39, 0.29) is 17.4 Å². The van der Waals surface area contributed by atoms with Crippen LogP contribution in [0, 0.1) is 6.92 Å². The smallest absolute Gasteiger partial charge is 0.288 e. The zero-order chi connectivity index (χ0) is 18.9. The molecule has 2 aromatic rings. The maximum Gasteiger partial charge on any atom is 0.288 e. The number of hydrazine groups is 1. The van der Waals surface area contributed by atoms with Gasteiger partial charge in [-0.05, 0) is 38.1 Å². The molecule has 3 N–H and O–H groups in total. The number of pyridine rings is 1. The predicted molar refractivity (Wildman–Crippen MR) is 102 cm³/mol. The van der Waals surface area contributed by atoms with E-state index in [1.807, 2.05) is 31.2 Å². The minimum atomic E-state index is -0.511. The molecule has 1 aromatic carbocycles. The van der Waals surface area contributed by atoms with Crippen LogP contribution in [-0.2, 0) is 9.59 Å². The van der Waals surface area contributed by atoms with E-state index in [1.54, 1.807) is 19.1 Å². The number of benzene rings is 1. The molecule has 0 bridgehead atoms. The number of carbonyl (C=O) groups excluding carboxylic acids is 3. The Morgan fingerprint density at radius 2 is 1.81 bits per heavy atom. The van der Waals surface area contributed by atoms with Gasteiger partial charge in [-0.1, -0.05) is 23.8 Å². The van der Waals surface area contributed by atoms with Crippen LogP contribution in [0.5, 0.6) is 0 Å². The van der Waals surface area contributed by atoms with Crippen LogP contribution < -0.4 is 16.2 Å². The van der Waals surface area contributed by atoms with Crippen molar-refractivity contribution < 1.29 is 14.4 Å². The molecule has 0 saturated heterocycles. The molecule has 8 heteroatoms. The summed E-state index contributed by atoms with van der Waals surface area (Å²) in [6.07, 6.45) is 1.49. The first kappa shape index (κ1) is 19.5. The van der Waals surface area contributed by atoms with E-state index in [1.165, 1.54) is 24.0 Å². The fourth-order valence-electron chi connectivity index (χ4n) is 1.89. The zero-order valence-corrected chi connectivity index (χ0v) is 15.3. The number of amides is 3. The van der Waals surface area contributed by atoms with E-state index in [9.17, 15) is 14.4 Å². The van der Waals surface area contributed by atoms with Crippen molar-refractivity contribution in [2.24, 2.45) is 0 Å². The molecule has 0 saturated carbocycles. The van der Waals surface area contributed by atoms with Crippen molar-refractivity contribution in [3.05, 3.63) is 59.9 Å². The van der Waals surface area contributed by atoms with Crippen molar-refractivity contribution in [1.29, 1.82) is 0 Å². The number of rotatable bonds is 6. The lowest BCUT2D eigenvalue weighted by Gasteiger charge is -2.12. The molecule has 0 aliphatic heterocycles. The first-order valence-electron chi connectivity index (χ1n) is 7.95. The van der Waals surface area contributed by atoms with Crippen molar-refractivity contribution in [3.8, 4) is 0 Å². The third-order valence-corrected chi connectivity index (χ3v) is 4.51. The molecule has 1 atom stereocenters. The number of carbonyl (C=O) groups is 3. The molecular formula is C18H20N4O3S. The van der Waals surface area contributed by atoms with Gasteiger partial charge in [-0.2, -0.15) is 0 Å². The van der Waals surface area contributed by atoms with Gasteiger partial charge in [0.15, 0.2) is 0 Å². The minimum Gasteiger partial charge on any atom is -0.325 e. The number of hydrogen-bond acceptors (Lipinski definition) is 5. The average Bonchev–Trinajstić information content (AvgIpc) is 2.66. The quantitative estimate of drug-likeness (QED) is 0.673. The van der Waals surface area contributed by atoms with Gasteiger partial charge in [0.1, 0.15) is 5.69 Å². The first-order chi connectivity index (χ1) is 12.5. The van der Waals surface area contributed by atoms with Crippen molar-refractivity contribution in [1.82, 2.24) is 15.8 Å². The maximum atomic E-state index is 12.0. The van der Waals surface area contributed by atoms with E-state index >= 15 is 0 Å². The largest absolute Gasteiger partial charge is 0.325 e. The van der Waals surface area contributed by atoms with E-state index in [0.29, 0.717) is 5.69 Å². The lowest BCUT2D eigenvalue weighted by molar-refractivity contribution is -0.121. The van der Waals surface area contributed by atoms with Crippen LogP contribution in [0.2, 0.25) is 0 Å². The molecule has 1 aromatic heterocycles. The number of nitrogens with zero attached hydrogens (tertiary/aromatic N) is 1. The summed E-state index contributed by atoms with van der Waals surface area (Å²) in [6.45, 7) is 3.63. The van der Waals surface area contributed by atoms with Gasteiger partial charge in [0.05, 0.1) is 11.0 Å². The summed E-state index contributed by atoms with van der Waals surface area (Å²) in [6, 6.07) is 12.4. The van der Waals surface area contributed by atoms with Gasteiger partial charge in [-0.3, -0.25) is 30.2 Å². The Kier molecular flexibility index (Phi) is 7.16. The molecule has 3 amide bonds. The van der Waals surface area contributed by atoms with Crippen LogP contribution in [-0.4, -0.2) is 33.7 Å². The fraction of sp³-hybridized carbons (Fsp3) is 0.222. The maximum absolute atomic E-state index is 12.0. The van der Waals surface area contributed by atoms with Gasteiger partial charge >= 0.3 is 0 Å². The standard InChI is InChI=1S/C18H20N4O3S/c1-12-6-8-14(9-7-12)20-16(23)11-26-13(2)17(24)21-22-18(25)15-5-3-4-10-19-15/h3-10,13H,11H2,1-2H3,(H,20,23)(H,21,24)(H,22,25)/t13-/m0/s1. The number of aryl methyl sites for hydroxylation is 1. The Hall–Kier alpha value is -2.87. The van der Waals surface area contributed by atoms with Gasteiger partial charge < -0.3 is 5.32 Å². The molecular weight excluding hydrogens is 352 g/mol. The van der Waals surface area contributed by atoms with Crippen LogP contribution in [0.3, 0.4) is 0 Å². The highest BCUT2D eigenvalue weighted by molar-refractivity contribution is 8.01. The number of nitrogens with one attached hydrogen (secondary N) is 3. The zero-order valence-electron chi connectivity index (χ0n) is 14.5. The topological polar surface area (TPSA) is 100 Å². The van der Waals surface area contributed by atoms with Crippen molar-refractivity contribution in [2.75, 3.05) is 11.1 Å². The van der Waals surface area contributed by atoms with Crippen LogP contribution in [0.15, 0.2) is 48.7 Å². The number of thioether (sulfide) groups is 1. The molecule has 0 unspecified atom stereocenters. The summed E-state index contributed by atoms with van der Waals surface area (Å²) in [5, 5.41) is 2.25. The molecule has 26 heavy (non-hydrogen) atoms. The molecule has 136 valence electrons. The van der Waals surface area contributed by atoms with E-state index in [4.69, 9.17) is 0 Å². The summed E-state index contributed by atoms with van der Waals surface area (Å²) in [7, 11) is 0. The minimum absolute atomic E-state index is 0.122. The number of anilines is 1. The van der Waals surface area contributed by atoms with Gasteiger partial charge in [0.2, 0.25) is 5.91 Å². The van der Waals surface area contributed by atoms with E-state index in [0.717, 1.165) is 5.56 Å². The second kappa shape index (κ2) is 9.57. The molecule has 1 heterocycles. The second-order valence-electron chi connectivity index (χ2n) is 5.53. The van der Waals surface area contributed by atoms with E-state index in [2.05, 4.69) is 21.2 Å². The summed E-state index contributed by atoms with van der Waals surface area (Å²) in [5.41, 5.74) is 6.64.